The number of benzene rings is 2. The molecular weight excluding hydrogens is 630 g/mol. The van der Waals surface area contributed by atoms with E-state index in [-0.39, 0.29) is 17.9 Å². The number of H-pyrrole nitrogens is 1. The SMILES string of the molecule is CC(C)Oc1ccc(-c2n[nH]c3ccc(N4CC[C@]5(CCN(CC(=O)N6CC=C(c7ccc(-c8ncn(C)n8)cc7)CC6)C5)C4=O)cc23)cn1. The second-order valence-corrected chi connectivity index (χ2v) is 13.9. The molecule has 0 radical (unpaired) electrons. The number of amides is 2. The summed E-state index contributed by atoms with van der Waals surface area (Å²) >= 11 is 0. The zero-order chi connectivity index (χ0) is 34.4. The van der Waals surface area contributed by atoms with Crippen molar-refractivity contribution in [3.63, 3.8) is 0 Å². The minimum atomic E-state index is -0.462. The lowest BCUT2D eigenvalue weighted by molar-refractivity contribution is -0.132. The highest BCUT2D eigenvalue weighted by Crippen LogP contribution is 2.43. The van der Waals surface area contributed by atoms with E-state index in [1.54, 1.807) is 17.2 Å². The van der Waals surface area contributed by atoms with Gasteiger partial charge in [-0.15, -0.1) is 0 Å². The van der Waals surface area contributed by atoms with Crippen molar-refractivity contribution in [1.29, 1.82) is 0 Å². The van der Waals surface area contributed by atoms with Gasteiger partial charge in [0.05, 0.1) is 23.6 Å². The molecule has 6 heterocycles. The lowest BCUT2D eigenvalue weighted by atomic mass is 9.85. The lowest BCUT2D eigenvalue weighted by Crippen LogP contribution is -2.43. The van der Waals surface area contributed by atoms with Crippen LogP contribution < -0.4 is 9.64 Å². The van der Waals surface area contributed by atoms with Crippen molar-refractivity contribution in [1.82, 2.24) is 39.7 Å². The number of carbonyl (C=O) groups excluding carboxylic acids is 2. The van der Waals surface area contributed by atoms with Gasteiger partial charge in [0.2, 0.25) is 17.7 Å². The van der Waals surface area contributed by atoms with Crippen LogP contribution in [0.25, 0.3) is 39.1 Å². The van der Waals surface area contributed by atoms with Gasteiger partial charge in [-0.05, 0) is 75.1 Å². The second-order valence-electron chi connectivity index (χ2n) is 13.9. The number of ether oxygens (including phenoxy) is 1. The van der Waals surface area contributed by atoms with Crippen LogP contribution in [-0.4, -0.2) is 96.9 Å². The number of hydrogen-bond donors (Lipinski definition) is 1. The maximum Gasteiger partial charge on any atom is 0.237 e. The minimum Gasteiger partial charge on any atom is -0.475 e. The molecule has 0 unspecified atom stereocenters. The van der Waals surface area contributed by atoms with Gasteiger partial charge in [0.15, 0.2) is 5.82 Å². The first kappa shape index (κ1) is 31.9. The van der Waals surface area contributed by atoms with Crippen molar-refractivity contribution in [2.24, 2.45) is 12.5 Å². The molecule has 3 aliphatic rings. The second kappa shape index (κ2) is 12.8. The average Bonchev–Trinajstić information content (AvgIpc) is 3.92. The summed E-state index contributed by atoms with van der Waals surface area (Å²) in [6.07, 6.45) is 8.02. The molecule has 8 rings (SSSR count). The molecule has 1 atom stereocenters. The van der Waals surface area contributed by atoms with Gasteiger partial charge in [0.1, 0.15) is 12.0 Å². The van der Waals surface area contributed by atoms with Crippen LogP contribution in [0.4, 0.5) is 5.69 Å². The molecule has 0 aliphatic carbocycles. The van der Waals surface area contributed by atoms with Gasteiger partial charge < -0.3 is 14.5 Å². The van der Waals surface area contributed by atoms with Crippen LogP contribution in [-0.2, 0) is 16.6 Å². The van der Waals surface area contributed by atoms with E-state index in [9.17, 15) is 9.59 Å². The number of nitrogens with zero attached hydrogens (tertiary/aromatic N) is 8. The van der Waals surface area contributed by atoms with Crippen LogP contribution in [0.1, 0.15) is 38.7 Å². The van der Waals surface area contributed by atoms with Crippen molar-refractivity contribution < 1.29 is 14.3 Å². The number of likely N-dealkylation sites (tertiary alicyclic amines) is 1. The Morgan fingerprint density at radius 3 is 2.50 bits per heavy atom. The summed E-state index contributed by atoms with van der Waals surface area (Å²) in [6, 6.07) is 18.1. The molecule has 5 aromatic rings. The number of aromatic nitrogens is 6. The summed E-state index contributed by atoms with van der Waals surface area (Å²) in [4.78, 5) is 42.2. The zero-order valence-corrected chi connectivity index (χ0v) is 28.7. The number of rotatable bonds is 8. The Hall–Kier alpha value is -5.36. The number of aryl methyl sites for hydroxylation is 1. The van der Waals surface area contributed by atoms with Crippen LogP contribution in [0.5, 0.6) is 5.88 Å². The van der Waals surface area contributed by atoms with E-state index < -0.39 is 5.41 Å². The summed E-state index contributed by atoms with van der Waals surface area (Å²) in [6.45, 7) is 7.56. The first-order valence-electron chi connectivity index (χ1n) is 17.3. The van der Waals surface area contributed by atoms with E-state index in [1.807, 2.05) is 73.2 Å². The Labute approximate surface area is 290 Å². The van der Waals surface area contributed by atoms with Crippen molar-refractivity contribution in [2.45, 2.75) is 39.2 Å². The monoisotopic (exact) mass is 671 g/mol. The van der Waals surface area contributed by atoms with E-state index in [0.717, 1.165) is 64.8 Å². The fourth-order valence-corrected chi connectivity index (χ4v) is 7.51. The van der Waals surface area contributed by atoms with E-state index in [0.29, 0.717) is 44.4 Å². The molecule has 2 amide bonds. The highest BCUT2D eigenvalue weighted by molar-refractivity contribution is 6.03. The first-order chi connectivity index (χ1) is 24.2. The van der Waals surface area contributed by atoms with Crippen molar-refractivity contribution in [2.75, 3.05) is 44.2 Å². The summed E-state index contributed by atoms with van der Waals surface area (Å²) < 4.78 is 7.40. The van der Waals surface area contributed by atoms with Gasteiger partial charge in [0, 0.05) is 67.7 Å². The molecule has 1 N–H and O–H groups in total. The van der Waals surface area contributed by atoms with Gasteiger partial charge in [-0.1, -0.05) is 30.3 Å². The Kier molecular flexibility index (Phi) is 8.18. The van der Waals surface area contributed by atoms with Crippen LogP contribution in [0.2, 0.25) is 0 Å². The average molecular weight is 672 g/mol. The topological polar surface area (TPSA) is 125 Å². The van der Waals surface area contributed by atoms with E-state index in [2.05, 4.69) is 48.4 Å². The molecule has 3 aliphatic heterocycles. The Morgan fingerprint density at radius 1 is 0.980 bits per heavy atom. The quantitative estimate of drug-likeness (QED) is 0.246. The van der Waals surface area contributed by atoms with Gasteiger partial charge in [0.25, 0.3) is 0 Å². The molecule has 2 saturated heterocycles. The third-order valence-corrected chi connectivity index (χ3v) is 10.2. The highest BCUT2D eigenvalue weighted by Gasteiger charge is 2.51. The van der Waals surface area contributed by atoms with Crippen LogP contribution in [0.3, 0.4) is 0 Å². The standard InChI is InChI=1S/C38H41N9O3/c1-25(2)50-33-11-8-29(21-39-33)35-31-20-30(9-10-32(31)41-42-35)47-19-15-38(37(47)49)14-18-45(23-38)22-34(48)46-16-12-27(13-17-46)26-4-6-28(7-5-26)36-40-24-44(3)43-36/h4-12,20-21,24-25H,13-19,22-23H2,1-3H3,(H,41,42)/t38-/m0/s1. The Bertz CT molecular complexity index is 2080. The highest BCUT2D eigenvalue weighted by atomic mass is 16.5. The zero-order valence-electron chi connectivity index (χ0n) is 28.7. The molecule has 50 heavy (non-hydrogen) atoms. The first-order valence-corrected chi connectivity index (χ1v) is 17.3. The van der Waals surface area contributed by atoms with E-state index in [4.69, 9.17) is 4.74 Å². The van der Waals surface area contributed by atoms with Crippen LogP contribution >= 0.6 is 0 Å². The fraction of sp³-hybridized carbons (Fsp3) is 0.368. The fourth-order valence-electron chi connectivity index (χ4n) is 7.51. The third kappa shape index (κ3) is 6.04. The molecule has 2 aromatic carbocycles. The molecule has 3 aromatic heterocycles. The molecule has 256 valence electrons. The van der Waals surface area contributed by atoms with Crippen LogP contribution in [0.15, 0.2) is 73.2 Å². The van der Waals surface area contributed by atoms with Gasteiger partial charge in [-0.3, -0.25) is 24.3 Å². The number of carbonyl (C=O) groups is 2. The normalized spacial score (nSPS) is 19.7. The lowest BCUT2D eigenvalue weighted by Gasteiger charge is -2.29. The summed E-state index contributed by atoms with van der Waals surface area (Å²) in [5.74, 6) is 1.54. The van der Waals surface area contributed by atoms with Crippen molar-refractivity contribution in [3.8, 4) is 28.5 Å². The summed E-state index contributed by atoms with van der Waals surface area (Å²) in [7, 11) is 1.86. The van der Waals surface area contributed by atoms with E-state index in [1.165, 1.54) is 5.57 Å². The molecule has 0 saturated carbocycles. The Morgan fingerprint density at radius 2 is 1.78 bits per heavy atom. The molecule has 1 spiro atoms. The number of pyridine rings is 1. The third-order valence-electron chi connectivity index (χ3n) is 10.2. The Balaban J connectivity index is 0.889. The van der Waals surface area contributed by atoms with Gasteiger partial charge >= 0.3 is 0 Å². The molecule has 0 bridgehead atoms. The predicted molar refractivity (Wildman–Crippen MR) is 191 cm³/mol. The van der Waals surface area contributed by atoms with Crippen molar-refractivity contribution >= 4 is 34.0 Å². The number of hydrogen-bond acceptors (Lipinski definition) is 8. The molecule has 2 fully saturated rings. The number of nitrogens with one attached hydrogen (secondary N) is 1. The molecule has 12 heteroatoms. The van der Waals surface area contributed by atoms with E-state index >= 15 is 0 Å². The summed E-state index contributed by atoms with van der Waals surface area (Å²) in [5.41, 5.74) is 6.35. The minimum absolute atomic E-state index is 0.0454. The number of aromatic amines is 1. The molecule has 12 nitrogen and oxygen atoms in total. The number of fused-ring (bicyclic) bond motifs is 1. The largest absolute Gasteiger partial charge is 0.475 e. The van der Waals surface area contributed by atoms with Gasteiger partial charge in [-0.25, -0.2) is 9.97 Å². The molecular formula is C38H41N9O3. The maximum absolute atomic E-state index is 14.0. The van der Waals surface area contributed by atoms with Gasteiger partial charge in [-0.2, -0.15) is 10.2 Å². The predicted octanol–water partition coefficient (Wildman–Crippen LogP) is 4.95. The number of anilines is 1. The smallest absolute Gasteiger partial charge is 0.237 e. The maximum atomic E-state index is 14.0. The summed E-state index contributed by atoms with van der Waals surface area (Å²) in [5, 5.41) is 13.0. The van der Waals surface area contributed by atoms with Crippen LogP contribution in [0, 0.1) is 5.41 Å². The van der Waals surface area contributed by atoms with Crippen molar-refractivity contribution in [3.05, 3.63) is 78.8 Å².